The van der Waals surface area contributed by atoms with E-state index in [9.17, 15) is 8.78 Å². The van der Waals surface area contributed by atoms with E-state index in [2.05, 4.69) is 14.3 Å². The van der Waals surface area contributed by atoms with Crippen LogP contribution in [0.25, 0.3) is 0 Å². The Morgan fingerprint density at radius 1 is 1.29 bits per heavy atom. The maximum atomic E-state index is 12.4. The second-order valence-corrected chi connectivity index (χ2v) is 2.20. The monoisotopic (exact) mass is 204 g/mol. The first kappa shape index (κ1) is 10.9. The average Bonchev–Trinajstić information content (AvgIpc) is 2.18. The molecule has 7 heteroatoms. The molecule has 0 aliphatic rings. The summed E-state index contributed by atoms with van der Waals surface area (Å²) in [6.07, 6.45) is 0. The van der Waals surface area contributed by atoms with Gasteiger partial charge in [-0.25, -0.2) is 18.5 Å². The van der Waals surface area contributed by atoms with Gasteiger partial charge in [-0.2, -0.15) is 0 Å². The molecule has 76 valence electrons. The van der Waals surface area contributed by atoms with E-state index in [1.165, 1.54) is 12.1 Å². The minimum absolute atomic E-state index is 0.168. The lowest BCUT2D eigenvalue weighted by Gasteiger charge is -2.07. The summed E-state index contributed by atoms with van der Waals surface area (Å²) >= 11 is 0. The van der Waals surface area contributed by atoms with E-state index >= 15 is 0 Å². The van der Waals surface area contributed by atoms with Gasteiger partial charge in [0.1, 0.15) is 11.6 Å². The van der Waals surface area contributed by atoms with Crippen LogP contribution in [0.4, 0.5) is 8.78 Å². The zero-order valence-corrected chi connectivity index (χ0v) is 7.02. The molecule has 0 heterocycles. The molecule has 1 aromatic rings. The predicted octanol–water partition coefficient (Wildman–Crippen LogP) is 1.06. The molecule has 0 saturated carbocycles. The maximum Gasteiger partial charge on any atom is 0.739 e. The number of benzene rings is 1. The summed E-state index contributed by atoms with van der Waals surface area (Å²) in [4.78, 5) is 7.77. The van der Waals surface area contributed by atoms with Crippen LogP contribution < -0.4 is 4.65 Å². The highest BCUT2D eigenvalue weighted by Crippen LogP contribution is 2.11. The Morgan fingerprint density at radius 2 is 1.93 bits per heavy atom. The Labute approximate surface area is 79.1 Å². The van der Waals surface area contributed by atoms with Crippen LogP contribution in [0.15, 0.2) is 24.3 Å². The Morgan fingerprint density at radius 3 is 2.50 bits per heavy atom. The normalized spacial score (nSPS) is 9.93. The molecule has 0 radical (unpaired) electrons. The summed E-state index contributed by atoms with van der Waals surface area (Å²) in [5.74, 6) is -0.269. The molecular formula is C7H7BF2O4. The molecule has 0 aliphatic heterocycles. The molecule has 0 unspecified atom stereocenters. The van der Waals surface area contributed by atoms with Gasteiger partial charge >= 0.3 is 7.32 Å². The highest BCUT2D eigenvalue weighted by atomic mass is 19.1. The molecule has 0 bridgehead atoms. The van der Waals surface area contributed by atoms with Gasteiger partial charge in [0.2, 0.25) is 6.86 Å². The maximum absolute atomic E-state index is 12.4. The van der Waals surface area contributed by atoms with Crippen molar-refractivity contribution in [2.45, 2.75) is 0 Å². The van der Waals surface area contributed by atoms with Crippen molar-refractivity contribution >= 4 is 7.32 Å². The molecular weight excluding hydrogens is 197 g/mol. The van der Waals surface area contributed by atoms with E-state index in [4.69, 9.17) is 5.02 Å². The predicted molar refractivity (Wildman–Crippen MR) is 43.1 cm³/mol. The standard InChI is InChI=1S/C7H7BF2O4/c9-5-12-14-8(11)13-7-3-1-6(10)2-4-7/h1-4,11H,5H2. The van der Waals surface area contributed by atoms with Gasteiger partial charge in [0.15, 0.2) is 0 Å². The van der Waals surface area contributed by atoms with Gasteiger partial charge in [0, 0.05) is 0 Å². The minimum Gasteiger partial charge on any atom is -0.511 e. The topological polar surface area (TPSA) is 47.9 Å². The van der Waals surface area contributed by atoms with Crippen molar-refractivity contribution in [2.24, 2.45) is 0 Å². The van der Waals surface area contributed by atoms with Crippen molar-refractivity contribution in [1.82, 2.24) is 0 Å². The zero-order valence-electron chi connectivity index (χ0n) is 7.02. The third kappa shape index (κ3) is 3.69. The Bertz CT molecular complexity index is 269. The van der Waals surface area contributed by atoms with E-state index in [-0.39, 0.29) is 5.75 Å². The summed E-state index contributed by atoms with van der Waals surface area (Å²) in [6.45, 7) is -1.20. The molecule has 0 amide bonds. The van der Waals surface area contributed by atoms with E-state index in [0.717, 1.165) is 12.1 Å². The second kappa shape index (κ2) is 5.53. The molecule has 1 N–H and O–H groups in total. The van der Waals surface area contributed by atoms with Crippen molar-refractivity contribution in [1.29, 1.82) is 0 Å². The Kier molecular flexibility index (Phi) is 4.31. The Balaban J connectivity index is 2.39. The summed E-state index contributed by atoms with van der Waals surface area (Å²) < 4.78 is 28.4. The molecule has 0 aromatic heterocycles. The van der Waals surface area contributed by atoms with Crippen LogP contribution in [-0.4, -0.2) is 19.2 Å². The first-order valence-corrected chi connectivity index (χ1v) is 3.67. The van der Waals surface area contributed by atoms with Gasteiger partial charge in [0.25, 0.3) is 0 Å². The number of alkyl halides is 1. The van der Waals surface area contributed by atoms with Crippen LogP contribution >= 0.6 is 0 Å². The smallest absolute Gasteiger partial charge is 0.511 e. The minimum atomic E-state index is -1.75. The van der Waals surface area contributed by atoms with Crippen molar-refractivity contribution < 1.29 is 28.2 Å². The largest absolute Gasteiger partial charge is 0.739 e. The fraction of sp³-hybridized carbons (Fsp3) is 0.143. The van der Waals surface area contributed by atoms with Crippen LogP contribution in [0, 0.1) is 5.82 Å². The SMILES string of the molecule is OB(OOCF)Oc1ccc(F)cc1. The summed E-state index contributed by atoms with van der Waals surface area (Å²) in [7, 11) is -1.75. The third-order valence-corrected chi connectivity index (χ3v) is 1.25. The van der Waals surface area contributed by atoms with E-state index in [0.29, 0.717) is 0 Å². The molecule has 1 aromatic carbocycles. The summed E-state index contributed by atoms with van der Waals surface area (Å²) in [5, 5.41) is 8.87. The lowest BCUT2D eigenvalue weighted by Crippen LogP contribution is -2.26. The molecule has 14 heavy (non-hydrogen) atoms. The molecule has 0 spiro atoms. The highest BCUT2D eigenvalue weighted by Gasteiger charge is 2.19. The molecule has 1 rings (SSSR count). The van der Waals surface area contributed by atoms with Crippen molar-refractivity contribution in [3.8, 4) is 5.75 Å². The molecule has 0 saturated heterocycles. The van der Waals surface area contributed by atoms with E-state index < -0.39 is 20.0 Å². The van der Waals surface area contributed by atoms with Crippen LogP contribution in [0.3, 0.4) is 0 Å². The first-order chi connectivity index (χ1) is 6.72. The van der Waals surface area contributed by atoms with Crippen molar-refractivity contribution in [3.63, 3.8) is 0 Å². The quantitative estimate of drug-likeness (QED) is 0.442. The lowest BCUT2D eigenvalue weighted by molar-refractivity contribution is -0.257. The number of rotatable bonds is 5. The van der Waals surface area contributed by atoms with Gasteiger partial charge in [-0.05, 0) is 24.3 Å². The van der Waals surface area contributed by atoms with Gasteiger partial charge in [-0.3, -0.25) is 0 Å². The van der Waals surface area contributed by atoms with Gasteiger partial charge < -0.3 is 9.68 Å². The zero-order chi connectivity index (χ0) is 10.4. The van der Waals surface area contributed by atoms with Crippen LogP contribution in [0.5, 0.6) is 5.75 Å². The molecule has 0 atom stereocenters. The van der Waals surface area contributed by atoms with Crippen LogP contribution in [0.1, 0.15) is 0 Å². The Hall–Kier alpha value is -1.18. The average molecular weight is 204 g/mol. The van der Waals surface area contributed by atoms with Crippen molar-refractivity contribution in [2.75, 3.05) is 6.86 Å². The fourth-order valence-electron chi connectivity index (χ4n) is 0.733. The first-order valence-electron chi connectivity index (χ1n) is 3.67. The van der Waals surface area contributed by atoms with Crippen LogP contribution in [0.2, 0.25) is 0 Å². The third-order valence-electron chi connectivity index (χ3n) is 1.25. The fourth-order valence-corrected chi connectivity index (χ4v) is 0.733. The van der Waals surface area contributed by atoms with E-state index in [1.807, 2.05) is 0 Å². The summed E-state index contributed by atoms with van der Waals surface area (Å²) in [5.41, 5.74) is 0. The highest BCUT2D eigenvalue weighted by molar-refractivity contribution is 6.35. The lowest BCUT2D eigenvalue weighted by atomic mass is 10.2. The van der Waals surface area contributed by atoms with Gasteiger partial charge in [-0.15, -0.1) is 0 Å². The number of hydrogen-bond acceptors (Lipinski definition) is 4. The molecule has 0 fully saturated rings. The second-order valence-electron chi connectivity index (χ2n) is 2.20. The van der Waals surface area contributed by atoms with Gasteiger partial charge in [-0.1, -0.05) is 0 Å². The molecule has 0 aliphatic carbocycles. The van der Waals surface area contributed by atoms with Crippen LogP contribution in [-0.2, 0) is 9.69 Å². The van der Waals surface area contributed by atoms with E-state index in [1.54, 1.807) is 0 Å². The summed E-state index contributed by atoms with van der Waals surface area (Å²) in [6, 6.07) is 4.82. The number of halogens is 2. The van der Waals surface area contributed by atoms with Crippen molar-refractivity contribution in [3.05, 3.63) is 30.1 Å². The van der Waals surface area contributed by atoms with Gasteiger partial charge in [0.05, 0.1) is 0 Å². The molecule has 4 nitrogen and oxygen atoms in total. The number of hydrogen-bond donors (Lipinski definition) is 1.